The highest BCUT2D eigenvalue weighted by atomic mass is 35.5. The molecule has 7 heteroatoms. The summed E-state index contributed by atoms with van der Waals surface area (Å²) in [6, 6.07) is 24.2. The zero-order chi connectivity index (χ0) is 21.9. The maximum absolute atomic E-state index is 12.0. The number of ether oxygens (including phenoxy) is 1. The number of benzene rings is 3. The molecule has 0 aliphatic carbocycles. The predicted octanol–water partition coefficient (Wildman–Crippen LogP) is 4.79. The van der Waals surface area contributed by atoms with Crippen LogP contribution in [0.25, 0.3) is 0 Å². The number of hydrazone groups is 1. The van der Waals surface area contributed by atoms with Gasteiger partial charge in [0.05, 0.1) is 16.9 Å². The number of halogens is 1. The van der Waals surface area contributed by atoms with Gasteiger partial charge in [-0.3, -0.25) is 9.59 Å². The number of amides is 2. The molecule has 31 heavy (non-hydrogen) atoms. The second-order valence-electron chi connectivity index (χ2n) is 6.67. The van der Waals surface area contributed by atoms with Crippen LogP contribution in [0, 0.1) is 0 Å². The van der Waals surface area contributed by atoms with Crippen LogP contribution in [-0.2, 0) is 16.2 Å². The van der Waals surface area contributed by atoms with E-state index in [4.69, 9.17) is 16.3 Å². The zero-order valence-corrected chi connectivity index (χ0v) is 17.5. The van der Waals surface area contributed by atoms with Gasteiger partial charge in [0.2, 0.25) is 11.8 Å². The summed E-state index contributed by atoms with van der Waals surface area (Å²) in [5, 5.41) is 7.06. The number of nitrogens with one attached hydrogen (secondary N) is 2. The first-order chi connectivity index (χ1) is 15.1. The molecule has 0 aromatic heterocycles. The monoisotopic (exact) mass is 435 g/mol. The number of carbonyl (C=O) groups excluding carboxylic acids is 2. The molecule has 3 aromatic carbocycles. The van der Waals surface area contributed by atoms with Crippen molar-refractivity contribution in [3.05, 3.63) is 95.0 Å². The molecule has 0 spiro atoms. The maximum atomic E-state index is 12.0. The van der Waals surface area contributed by atoms with Crippen LogP contribution < -0.4 is 15.5 Å². The van der Waals surface area contributed by atoms with Gasteiger partial charge in [-0.25, -0.2) is 5.43 Å². The summed E-state index contributed by atoms with van der Waals surface area (Å²) in [4.78, 5) is 23.9. The smallest absolute Gasteiger partial charge is 0.240 e. The Bertz CT molecular complexity index is 1050. The number of rotatable bonds is 9. The van der Waals surface area contributed by atoms with E-state index >= 15 is 0 Å². The molecule has 0 unspecified atom stereocenters. The number of nitrogens with zero attached hydrogens (tertiary/aromatic N) is 1. The standard InChI is InChI=1S/C24H22ClN3O3/c25-21-11-4-5-12-22(21)27-23(29)13-14-24(30)28-26-16-19-9-6-10-20(15-19)31-17-18-7-2-1-3-8-18/h1-12,15-16H,13-14,17H2,(H,27,29)(H,28,30). The van der Waals surface area contributed by atoms with E-state index in [1.807, 2.05) is 54.6 Å². The fourth-order valence-corrected chi connectivity index (χ4v) is 2.85. The largest absolute Gasteiger partial charge is 0.489 e. The summed E-state index contributed by atoms with van der Waals surface area (Å²) < 4.78 is 5.78. The van der Waals surface area contributed by atoms with Crippen LogP contribution in [0.1, 0.15) is 24.0 Å². The van der Waals surface area contributed by atoms with Gasteiger partial charge in [0.25, 0.3) is 0 Å². The van der Waals surface area contributed by atoms with E-state index in [0.717, 1.165) is 11.1 Å². The van der Waals surface area contributed by atoms with E-state index < -0.39 is 0 Å². The normalized spacial score (nSPS) is 10.6. The molecule has 2 amide bonds. The minimum atomic E-state index is -0.359. The minimum absolute atomic E-state index is 0.00779. The first kappa shape index (κ1) is 22.1. The average Bonchev–Trinajstić information content (AvgIpc) is 2.79. The van der Waals surface area contributed by atoms with Crippen molar-refractivity contribution in [1.82, 2.24) is 5.43 Å². The summed E-state index contributed by atoms with van der Waals surface area (Å²) >= 11 is 6.00. The quantitative estimate of drug-likeness (QED) is 0.374. The Morgan fingerprint density at radius 2 is 1.65 bits per heavy atom. The lowest BCUT2D eigenvalue weighted by Crippen LogP contribution is -2.20. The van der Waals surface area contributed by atoms with E-state index in [9.17, 15) is 9.59 Å². The van der Waals surface area contributed by atoms with E-state index in [-0.39, 0.29) is 24.7 Å². The molecule has 0 bridgehead atoms. The third-order valence-electron chi connectivity index (χ3n) is 4.24. The third kappa shape index (κ3) is 7.60. The molecule has 0 saturated carbocycles. The Hall–Kier alpha value is -3.64. The lowest BCUT2D eigenvalue weighted by molar-refractivity contribution is -0.124. The van der Waals surface area contributed by atoms with Crippen molar-refractivity contribution in [3.8, 4) is 5.75 Å². The van der Waals surface area contributed by atoms with Crippen LogP contribution in [0.15, 0.2) is 84.0 Å². The Labute approximate surface area is 185 Å². The van der Waals surface area contributed by atoms with Gasteiger partial charge in [-0.1, -0.05) is 66.2 Å². The summed E-state index contributed by atoms with van der Waals surface area (Å²) in [7, 11) is 0. The second kappa shape index (κ2) is 11.5. The molecule has 0 heterocycles. The number of para-hydroxylation sites is 1. The van der Waals surface area contributed by atoms with Crippen molar-refractivity contribution in [2.45, 2.75) is 19.4 Å². The maximum Gasteiger partial charge on any atom is 0.240 e. The summed E-state index contributed by atoms with van der Waals surface area (Å²) in [5.74, 6) is 0.0490. The molecule has 0 atom stereocenters. The molecule has 3 rings (SSSR count). The fraction of sp³-hybridized carbons (Fsp3) is 0.125. The molecule has 158 valence electrons. The minimum Gasteiger partial charge on any atom is -0.489 e. The molecular weight excluding hydrogens is 414 g/mol. The van der Waals surface area contributed by atoms with Crippen LogP contribution in [0.4, 0.5) is 5.69 Å². The van der Waals surface area contributed by atoms with Crippen molar-refractivity contribution < 1.29 is 14.3 Å². The van der Waals surface area contributed by atoms with Gasteiger partial charge in [-0.2, -0.15) is 5.10 Å². The van der Waals surface area contributed by atoms with Crippen molar-refractivity contribution in [2.75, 3.05) is 5.32 Å². The molecule has 6 nitrogen and oxygen atoms in total. The fourth-order valence-electron chi connectivity index (χ4n) is 2.66. The molecule has 0 radical (unpaired) electrons. The molecule has 0 saturated heterocycles. The highest BCUT2D eigenvalue weighted by Crippen LogP contribution is 2.20. The van der Waals surface area contributed by atoms with Gasteiger partial charge >= 0.3 is 0 Å². The van der Waals surface area contributed by atoms with Gasteiger partial charge < -0.3 is 10.1 Å². The lowest BCUT2D eigenvalue weighted by Gasteiger charge is -2.07. The summed E-state index contributed by atoms with van der Waals surface area (Å²) in [5.41, 5.74) is 4.79. The molecule has 0 fully saturated rings. The molecule has 0 aliphatic rings. The molecule has 2 N–H and O–H groups in total. The number of hydrogen-bond donors (Lipinski definition) is 2. The molecular formula is C24H22ClN3O3. The topological polar surface area (TPSA) is 79.8 Å². The first-order valence-electron chi connectivity index (χ1n) is 9.73. The van der Waals surface area contributed by atoms with E-state index in [1.165, 1.54) is 6.21 Å². The lowest BCUT2D eigenvalue weighted by atomic mass is 10.2. The SMILES string of the molecule is O=C(CCC(=O)Nc1ccccc1Cl)NN=Cc1cccc(OCc2ccccc2)c1. The van der Waals surface area contributed by atoms with Crippen LogP contribution in [-0.4, -0.2) is 18.0 Å². The number of hydrogen-bond acceptors (Lipinski definition) is 4. The van der Waals surface area contributed by atoms with Crippen molar-refractivity contribution in [1.29, 1.82) is 0 Å². The van der Waals surface area contributed by atoms with Gasteiger partial charge in [0.1, 0.15) is 12.4 Å². The first-order valence-corrected chi connectivity index (χ1v) is 10.1. The van der Waals surface area contributed by atoms with Gasteiger partial charge in [0.15, 0.2) is 0 Å². The van der Waals surface area contributed by atoms with Crippen LogP contribution in [0.2, 0.25) is 5.02 Å². The van der Waals surface area contributed by atoms with Crippen LogP contribution >= 0.6 is 11.6 Å². The average molecular weight is 436 g/mol. The Kier molecular flexibility index (Phi) is 8.20. The van der Waals surface area contributed by atoms with Crippen molar-refractivity contribution in [3.63, 3.8) is 0 Å². The molecule has 3 aromatic rings. The summed E-state index contributed by atoms with van der Waals surface area (Å²) in [6.45, 7) is 0.467. The van der Waals surface area contributed by atoms with E-state index in [2.05, 4.69) is 15.8 Å². The zero-order valence-electron chi connectivity index (χ0n) is 16.8. The molecule has 0 aliphatic heterocycles. The Morgan fingerprint density at radius 3 is 2.45 bits per heavy atom. The van der Waals surface area contributed by atoms with Crippen molar-refractivity contribution >= 4 is 35.3 Å². The van der Waals surface area contributed by atoms with Gasteiger partial charge in [0, 0.05) is 12.8 Å². The predicted molar refractivity (Wildman–Crippen MR) is 122 cm³/mol. The van der Waals surface area contributed by atoms with Crippen molar-refractivity contribution in [2.24, 2.45) is 5.10 Å². The van der Waals surface area contributed by atoms with Gasteiger partial charge in [-0.15, -0.1) is 0 Å². The highest BCUT2D eigenvalue weighted by molar-refractivity contribution is 6.33. The summed E-state index contributed by atoms with van der Waals surface area (Å²) in [6.07, 6.45) is 1.56. The van der Waals surface area contributed by atoms with E-state index in [1.54, 1.807) is 24.3 Å². The second-order valence-corrected chi connectivity index (χ2v) is 7.08. The number of carbonyl (C=O) groups is 2. The van der Waals surface area contributed by atoms with Gasteiger partial charge in [-0.05, 0) is 35.4 Å². The van der Waals surface area contributed by atoms with E-state index in [0.29, 0.717) is 23.1 Å². The Morgan fingerprint density at radius 1 is 0.903 bits per heavy atom. The Balaban J connectivity index is 1.42. The third-order valence-corrected chi connectivity index (χ3v) is 4.57. The van der Waals surface area contributed by atoms with Crippen LogP contribution in [0.3, 0.4) is 0 Å². The highest BCUT2D eigenvalue weighted by Gasteiger charge is 2.08. The van der Waals surface area contributed by atoms with Crippen LogP contribution in [0.5, 0.6) is 5.75 Å². The number of anilines is 1.